The first-order chi connectivity index (χ1) is 10.5. The summed E-state index contributed by atoms with van der Waals surface area (Å²) < 4.78 is 18.4. The molecule has 24 heavy (non-hydrogen) atoms. The monoisotopic (exact) mass is 396 g/mol. The highest BCUT2D eigenvalue weighted by Crippen LogP contribution is 2.41. The largest absolute Gasteiger partial charge is 0.414 e. The standard InChI is InChI=1S/C17H37ClO4Si2/c1-16(2,3)23(7,8)20-11-12-14(13(18)15(19)21-12)22-24(9,10)17(4,5)6/h12-15,19H,11H2,1-10H3/t12-,13+,14-,15?/m1/s1. The summed E-state index contributed by atoms with van der Waals surface area (Å²) in [5, 5.41) is 9.70. The number of hydrogen-bond donors (Lipinski definition) is 1. The van der Waals surface area contributed by atoms with Crippen molar-refractivity contribution in [3.05, 3.63) is 0 Å². The van der Waals surface area contributed by atoms with Gasteiger partial charge < -0.3 is 18.7 Å². The summed E-state index contributed by atoms with van der Waals surface area (Å²) >= 11 is 6.40. The first kappa shape index (κ1) is 22.6. The number of hydrogen-bond acceptors (Lipinski definition) is 4. The molecule has 0 spiro atoms. The van der Waals surface area contributed by atoms with Crippen LogP contribution in [-0.2, 0) is 13.6 Å². The van der Waals surface area contributed by atoms with E-state index in [1.165, 1.54) is 0 Å². The minimum absolute atomic E-state index is 0.0714. The van der Waals surface area contributed by atoms with Crippen molar-refractivity contribution < 1.29 is 18.7 Å². The molecule has 4 nitrogen and oxygen atoms in total. The number of alkyl halides is 1. The van der Waals surface area contributed by atoms with Gasteiger partial charge in [0.15, 0.2) is 22.9 Å². The Morgan fingerprint density at radius 1 is 0.958 bits per heavy atom. The van der Waals surface area contributed by atoms with E-state index >= 15 is 0 Å². The predicted octanol–water partition coefficient (Wildman–Crippen LogP) is 4.72. The molecule has 1 rings (SSSR count). The van der Waals surface area contributed by atoms with Gasteiger partial charge in [0.2, 0.25) is 0 Å². The lowest BCUT2D eigenvalue weighted by atomic mass is 10.2. The third-order valence-corrected chi connectivity index (χ3v) is 15.4. The number of aliphatic hydroxyl groups excluding tert-OH is 1. The number of ether oxygens (including phenoxy) is 1. The molecule has 0 aromatic carbocycles. The van der Waals surface area contributed by atoms with Crippen LogP contribution < -0.4 is 0 Å². The third-order valence-electron chi connectivity index (χ3n) is 5.92. The fourth-order valence-electron chi connectivity index (χ4n) is 2.00. The Kier molecular flexibility index (Phi) is 6.87. The molecular weight excluding hydrogens is 360 g/mol. The Morgan fingerprint density at radius 2 is 1.42 bits per heavy atom. The molecule has 0 aromatic rings. The van der Waals surface area contributed by atoms with Gasteiger partial charge in [-0.15, -0.1) is 11.6 Å². The number of halogens is 1. The van der Waals surface area contributed by atoms with Crippen LogP contribution >= 0.6 is 11.6 Å². The van der Waals surface area contributed by atoms with Crippen molar-refractivity contribution in [1.82, 2.24) is 0 Å². The van der Waals surface area contributed by atoms with Crippen molar-refractivity contribution in [3.63, 3.8) is 0 Å². The topological polar surface area (TPSA) is 47.9 Å². The second-order valence-corrected chi connectivity index (χ2v) is 20.0. The second kappa shape index (κ2) is 7.29. The number of aliphatic hydroxyl groups is 1. The highest BCUT2D eigenvalue weighted by Gasteiger charge is 2.50. The normalized spacial score (nSPS) is 30.0. The summed E-state index contributed by atoms with van der Waals surface area (Å²) in [5.41, 5.74) is 0. The molecule has 7 heteroatoms. The Labute approximate surface area is 155 Å². The van der Waals surface area contributed by atoms with Crippen LogP contribution in [0.4, 0.5) is 0 Å². The van der Waals surface area contributed by atoms with Gasteiger partial charge in [-0.2, -0.15) is 0 Å². The molecule has 1 aliphatic rings. The van der Waals surface area contributed by atoms with E-state index in [9.17, 15) is 5.11 Å². The molecule has 1 heterocycles. The lowest BCUT2D eigenvalue weighted by Crippen LogP contribution is -2.50. The van der Waals surface area contributed by atoms with Crippen molar-refractivity contribution in [1.29, 1.82) is 0 Å². The van der Waals surface area contributed by atoms with Gasteiger partial charge in [0.1, 0.15) is 11.5 Å². The van der Waals surface area contributed by atoms with Crippen LogP contribution in [0.2, 0.25) is 36.3 Å². The van der Waals surface area contributed by atoms with Gasteiger partial charge in [-0.25, -0.2) is 0 Å². The van der Waals surface area contributed by atoms with Gasteiger partial charge in [0.05, 0.1) is 12.7 Å². The Bertz CT molecular complexity index is 429. The van der Waals surface area contributed by atoms with Crippen LogP contribution in [0.15, 0.2) is 0 Å². The van der Waals surface area contributed by atoms with E-state index in [2.05, 4.69) is 67.7 Å². The Hall–Kier alpha value is 0.564. The first-order valence-corrected chi connectivity index (χ1v) is 15.0. The average Bonchev–Trinajstić information content (AvgIpc) is 2.61. The second-order valence-electron chi connectivity index (χ2n) is 9.92. The van der Waals surface area contributed by atoms with E-state index in [0.717, 1.165) is 0 Å². The maximum atomic E-state index is 10.1. The summed E-state index contributed by atoms with van der Waals surface area (Å²) in [6.45, 7) is 22.4. The lowest BCUT2D eigenvalue weighted by Gasteiger charge is -2.41. The number of rotatable bonds is 5. The van der Waals surface area contributed by atoms with Gasteiger partial charge in [0.25, 0.3) is 0 Å². The predicted molar refractivity (Wildman–Crippen MR) is 106 cm³/mol. The highest BCUT2D eigenvalue weighted by molar-refractivity contribution is 6.74. The van der Waals surface area contributed by atoms with E-state index in [-0.39, 0.29) is 22.3 Å². The maximum Gasteiger partial charge on any atom is 0.192 e. The zero-order chi connectivity index (χ0) is 19.1. The van der Waals surface area contributed by atoms with Crippen LogP contribution in [-0.4, -0.2) is 52.2 Å². The van der Waals surface area contributed by atoms with Crippen LogP contribution in [0, 0.1) is 0 Å². The minimum atomic E-state index is -2.01. The molecule has 0 saturated carbocycles. The van der Waals surface area contributed by atoms with Crippen LogP contribution in [0.25, 0.3) is 0 Å². The van der Waals surface area contributed by atoms with Crippen molar-refractivity contribution >= 4 is 28.2 Å². The van der Waals surface area contributed by atoms with Gasteiger partial charge >= 0.3 is 0 Å². The third kappa shape index (κ3) is 5.05. The summed E-state index contributed by atoms with van der Waals surface area (Å²) in [6, 6.07) is 0. The lowest BCUT2D eigenvalue weighted by molar-refractivity contribution is -0.104. The van der Waals surface area contributed by atoms with Crippen LogP contribution in [0.3, 0.4) is 0 Å². The molecule has 0 aromatic heterocycles. The molecule has 4 atom stereocenters. The smallest absolute Gasteiger partial charge is 0.192 e. The zero-order valence-corrected chi connectivity index (χ0v) is 19.8. The molecule has 0 radical (unpaired) electrons. The molecule has 0 aliphatic carbocycles. The van der Waals surface area contributed by atoms with Crippen molar-refractivity contribution in [3.8, 4) is 0 Å². The molecule has 1 fully saturated rings. The van der Waals surface area contributed by atoms with Gasteiger partial charge in [0, 0.05) is 0 Å². The summed E-state index contributed by atoms with van der Waals surface area (Å²) in [4.78, 5) is 0. The Morgan fingerprint density at radius 3 is 1.83 bits per heavy atom. The molecule has 1 unspecified atom stereocenters. The molecule has 1 saturated heterocycles. The average molecular weight is 397 g/mol. The molecule has 0 amide bonds. The molecule has 1 N–H and O–H groups in total. The van der Waals surface area contributed by atoms with Gasteiger partial charge in [-0.3, -0.25) is 0 Å². The van der Waals surface area contributed by atoms with Crippen LogP contribution in [0.5, 0.6) is 0 Å². The van der Waals surface area contributed by atoms with E-state index in [0.29, 0.717) is 6.61 Å². The van der Waals surface area contributed by atoms with E-state index in [4.69, 9.17) is 25.2 Å². The van der Waals surface area contributed by atoms with E-state index < -0.39 is 28.3 Å². The van der Waals surface area contributed by atoms with Crippen molar-refractivity contribution in [2.24, 2.45) is 0 Å². The fraction of sp³-hybridized carbons (Fsp3) is 1.00. The van der Waals surface area contributed by atoms with Crippen molar-refractivity contribution in [2.75, 3.05) is 6.61 Å². The minimum Gasteiger partial charge on any atom is -0.414 e. The van der Waals surface area contributed by atoms with E-state index in [1.54, 1.807) is 0 Å². The summed E-state index contributed by atoms with van der Waals surface area (Å²) in [5.74, 6) is 0. The van der Waals surface area contributed by atoms with Crippen molar-refractivity contribution in [2.45, 2.75) is 102 Å². The van der Waals surface area contributed by atoms with Gasteiger partial charge in [-0.1, -0.05) is 41.5 Å². The summed E-state index contributed by atoms with van der Waals surface area (Å²) in [7, 11) is -3.90. The Balaban J connectivity index is 2.86. The molecule has 0 bridgehead atoms. The fourth-order valence-corrected chi connectivity index (χ4v) is 4.70. The van der Waals surface area contributed by atoms with Crippen LogP contribution in [0.1, 0.15) is 41.5 Å². The van der Waals surface area contributed by atoms with E-state index in [1.807, 2.05) is 0 Å². The molecular formula is C17H37ClO4Si2. The summed E-state index contributed by atoms with van der Waals surface area (Å²) in [6.07, 6.45) is -1.67. The zero-order valence-electron chi connectivity index (χ0n) is 17.1. The quantitative estimate of drug-likeness (QED) is 0.539. The van der Waals surface area contributed by atoms with Gasteiger partial charge in [-0.05, 0) is 36.3 Å². The highest BCUT2D eigenvalue weighted by atomic mass is 35.5. The SMILES string of the molecule is CC(C)(C)[Si](C)(C)OC[C@H]1OC(O)[C@@H](Cl)[C@@H]1O[Si](C)(C)C(C)(C)C. The molecule has 144 valence electrons. The maximum absolute atomic E-state index is 10.1. The first-order valence-electron chi connectivity index (χ1n) is 8.79. The molecule has 1 aliphatic heterocycles.